The Bertz CT molecular complexity index is 2610. The first-order valence-electron chi connectivity index (χ1n) is 26.6. The van der Waals surface area contributed by atoms with E-state index >= 15 is 0 Å². The van der Waals surface area contributed by atoms with E-state index in [1.807, 2.05) is 24.3 Å². The number of H-pyrrole nitrogens is 1. The third kappa shape index (κ3) is 20.0. The summed E-state index contributed by atoms with van der Waals surface area (Å²) in [7, 11) is 2.04. The van der Waals surface area contributed by atoms with Gasteiger partial charge in [-0.25, -0.2) is 0 Å². The molecule has 21 nitrogen and oxygen atoms in total. The Balaban J connectivity index is 1.54. The van der Waals surface area contributed by atoms with Gasteiger partial charge in [-0.15, -0.1) is 0 Å². The Hall–Kier alpha value is -6.66. The maximum Gasteiger partial charge on any atom is 0.244 e. The van der Waals surface area contributed by atoms with Crippen molar-refractivity contribution in [2.24, 2.45) is 17.2 Å². The molecule has 5 rings (SSSR count). The molecule has 4 aromatic rings. The quantitative estimate of drug-likeness (QED) is 0.0332. The third-order valence-corrected chi connectivity index (χ3v) is 15.8. The van der Waals surface area contributed by atoms with Gasteiger partial charge < -0.3 is 69.6 Å². The minimum Gasteiger partial charge on any atom is -0.508 e. The highest BCUT2D eigenvalue weighted by molar-refractivity contribution is 8.76. The fourth-order valence-electron chi connectivity index (χ4n) is 8.82. The van der Waals surface area contributed by atoms with Crippen molar-refractivity contribution in [3.8, 4) is 5.75 Å². The highest BCUT2D eigenvalue weighted by Gasteiger charge is 2.36. The van der Waals surface area contributed by atoms with Crippen LogP contribution in [0.4, 0.5) is 0 Å². The van der Waals surface area contributed by atoms with Gasteiger partial charge >= 0.3 is 0 Å². The van der Waals surface area contributed by atoms with Crippen LogP contribution in [0.5, 0.6) is 5.75 Å². The number of aromatic amines is 1. The van der Waals surface area contributed by atoms with Gasteiger partial charge in [-0.05, 0) is 74.0 Å². The summed E-state index contributed by atoms with van der Waals surface area (Å²) in [5.41, 5.74) is 20.3. The summed E-state index contributed by atoms with van der Waals surface area (Å²) in [5, 5.41) is 40.4. The Kier molecular flexibility index (Phi) is 25.7. The zero-order valence-electron chi connectivity index (χ0n) is 44.3. The normalized spacial score (nSPS) is 20.3. The summed E-state index contributed by atoms with van der Waals surface area (Å²) in [4.78, 5) is 117. The summed E-state index contributed by atoms with van der Waals surface area (Å²) >= 11 is 0. The summed E-state index contributed by atoms with van der Waals surface area (Å²) in [5.74, 6) is -6.90. The average molecular weight is 1120 g/mol. The maximum atomic E-state index is 14.8. The van der Waals surface area contributed by atoms with E-state index in [4.69, 9.17) is 17.2 Å². The molecule has 5 unspecified atom stereocenters. The van der Waals surface area contributed by atoms with Crippen LogP contribution in [0.1, 0.15) is 94.7 Å². The number of benzene rings is 3. The molecule has 424 valence electrons. The van der Waals surface area contributed by atoms with E-state index in [0.29, 0.717) is 42.4 Å². The molecule has 0 radical (unpaired) electrons. The van der Waals surface area contributed by atoms with Crippen LogP contribution in [0.3, 0.4) is 0 Å². The number of fused-ring (bicyclic) bond motifs is 1. The SMILES string of the molecule is CCCCCCCCC(N)C(=O)N[C@H](Cc1ccccc1)C(=O)NC1CSSCC(C(=O)N[C@H](C(N)=O)[C@@H](C)O)NC(=O)C(CCCCN)NC(=O)[C@@H](Cc2c[nH]c3ccccc23)NC(=O)C(Cc2ccc(O)cc2)NC1=O. The average Bonchev–Trinajstić information content (AvgIpc) is 3.83. The number of primary amides is 1. The number of phenols is 1. The van der Waals surface area contributed by atoms with Crippen molar-refractivity contribution in [3.05, 3.63) is 102 Å². The van der Waals surface area contributed by atoms with Crippen LogP contribution < -0.4 is 54.4 Å². The van der Waals surface area contributed by atoms with Crippen LogP contribution in [0.15, 0.2) is 85.1 Å². The fraction of sp³-hybridized carbons (Fsp3) is 0.491. The molecule has 1 aliphatic rings. The molecule has 3 aromatic carbocycles. The molecule has 1 aliphatic heterocycles. The van der Waals surface area contributed by atoms with Crippen molar-refractivity contribution in [2.75, 3.05) is 18.1 Å². The van der Waals surface area contributed by atoms with Crippen molar-refractivity contribution in [1.29, 1.82) is 0 Å². The monoisotopic (exact) mass is 1120 g/mol. The molecule has 23 heteroatoms. The summed E-state index contributed by atoms with van der Waals surface area (Å²) in [6.45, 7) is 3.66. The largest absolute Gasteiger partial charge is 0.508 e. The van der Waals surface area contributed by atoms with E-state index in [9.17, 15) is 48.6 Å². The van der Waals surface area contributed by atoms with Crippen molar-refractivity contribution in [3.63, 3.8) is 0 Å². The van der Waals surface area contributed by atoms with Gasteiger partial charge in [-0.3, -0.25) is 38.4 Å². The topological polar surface area (TPSA) is 355 Å². The number of para-hydroxylation sites is 1. The molecule has 1 aromatic heterocycles. The van der Waals surface area contributed by atoms with Crippen LogP contribution in [0.2, 0.25) is 0 Å². The minimum absolute atomic E-state index is 0.0204. The fourth-order valence-corrected chi connectivity index (χ4v) is 11.2. The van der Waals surface area contributed by atoms with Gasteiger partial charge in [-0.1, -0.05) is 128 Å². The lowest BCUT2D eigenvalue weighted by Crippen LogP contribution is -2.61. The molecule has 1 fully saturated rings. The Morgan fingerprint density at radius 3 is 2.03 bits per heavy atom. The van der Waals surface area contributed by atoms with E-state index in [1.54, 1.807) is 48.7 Å². The predicted octanol–water partition coefficient (Wildman–Crippen LogP) is 1.76. The number of hydrogen-bond donors (Lipinski definition) is 13. The smallest absolute Gasteiger partial charge is 0.244 e. The molecule has 9 atom stereocenters. The lowest BCUT2D eigenvalue weighted by Gasteiger charge is -2.27. The predicted molar refractivity (Wildman–Crippen MR) is 302 cm³/mol. The van der Waals surface area contributed by atoms with Crippen LogP contribution >= 0.6 is 21.6 Å². The molecule has 0 aliphatic carbocycles. The second-order valence-electron chi connectivity index (χ2n) is 19.6. The third-order valence-electron chi connectivity index (χ3n) is 13.3. The number of amides is 8. The number of hydrogen-bond acceptors (Lipinski definition) is 14. The Morgan fingerprint density at radius 1 is 0.705 bits per heavy atom. The lowest BCUT2D eigenvalue weighted by molar-refractivity contribution is -0.135. The van der Waals surface area contributed by atoms with E-state index in [0.717, 1.165) is 64.6 Å². The standard InChI is InChI=1S/C55H77N11O10S2/c1-3-4-5-6-7-11-19-39(57)49(70)61-42(27-34-16-9-8-10-17-34)52(73)65-45-31-77-78-32-46(55(76)66-47(33(2)67)48(58)69)64-50(71)41(21-14-15-26-56)60-53(74)44(29-36-30-59-40-20-13-12-18-38(36)40)63-51(72)43(62-54(45)75)28-35-22-24-37(68)25-23-35/h8-10,12-13,16-18,20,22-25,30,33,39,41-47,59,67-68H,3-7,11,14-15,19,21,26-29,31-32,56-57H2,1-2H3,(H2,58,69)(H,60,74)(H,61,70)(H,62,75)(H,63,72)(H,64,71)(H,65,73)(H,66,76)/t33-,39?,41?,42-,43?,44-,45?,46?,47+/m1/s1. The molecule has 0 spiro atoms. The number of aliphatic hydroxyl groups excluding tert-OH is 1. The number of nitrogens with one attached hydrogen (secondary N) is 8. The number of nitrogens with two attached hydrogens (primary N) is 3. The van der Waals surface area contributed by atoms with Crippen LogP contribution in [0.25, 0.3) is 10.9 Å². The first-order chi connectivity index (χ1) is 37.5. The molecular formula is C55H77N11O10S2. The van der Waals surface area contributed by atoms with Crippen LogP contribution in [-0.4, -0.2) is 135 Å². The number of phenolic OH excluding ortho intramolecular Hbond substituents is 1. The van der Waals surface area contributed by atoms with Gasteiger partial charge in [0.25, 0.3) is 0 Å². The van der Waals surface area contributed by atoms with Gasteiger partial charge in [0.15, 0.2) is 0 Å². The Labute approximate surface area is 463 Å². The van der Waals surface area contributed by atoms with E-state index in [-0.39, 0.29) is 49.5 Å². The van der Waals surface area contributed by atoms with Crippen molar-refractivity contribution in [2.45, 2.75) is 152 Å². The first kappa shape index (κ1) is 62.2. The minimum atomic E-state index is -1.54. The van der Waals surface area contributed by atoms with Gasteiger partial charge in [0, 0.05) is 47.9 Å². The van der Waals surface area contributed by atoms with Crippen molar-refractivity contribution in [1.82, 2.24) is 42.2 Å². The molecule has 2 heterocycles. The molecule has 78 heavy (non-hydrogen) atoms. The summed E-state index contributed by atoms with van der Waals surface area (Å²) < 4.78 is 0. The van der Waals surface area contributed by atoms with Gasteiger partial charge in [0.05, 0.1) is 12.1 Å². The molecular weight excluding hydrogens is 1040 g/mol. The van der Waals surface area contributed by atoms with Gasteiger partial charge in [0.2, 0.25) is 47.3 Å². The van der Waals surface area contributed by atoms with Crippen LogP contribution in [0, 0.1) is 0 Å². The number of aliphatic hydroxyl groups is 1. The van der Waals surface area contributed by atoms with Crippen molar-refractivity contribution < 1.29 is 48.6 Å². The molecule has 1 saturated heterocycles. The highest BCUT2D eigenvalue weighted by Crippen LogP contribution is 2.25. The molecule has 16 N–H and O–H groups in total. The second kappa shape index (κ2) is 32.3. The number of aromatic hydroxyl groups is 1. The van der Waals surface area contributed by atoms with Crippen molar-refractivity contribution >= 4 is 79.7 Å². The van der Waals surface area contributed by atoms with Gasteiger partial charge in [-0.2, -0.15) is 0 Å². The van der Waals surface area contributed by atoms with Gasteiger partial charge in [0.1, 0.15) is 48.0 Å². The summed E-state index contributed by atoms with van der Waals surface area (Å²) in [6.07, 6.45) is 7.27. The number of carbonyl (C=O) groups is 8. The molecule has 0 bridgehead atoms. The second-order valence-corrected chi connectivity index (χ2v) is 22.2. The zero-order valence-corrected chi connectivity index (χ0v) is 45.9. The maximum absolute atomic E-state index is 14.8. The lowest BCUT2D eigenvalue weighted by atomic mass is 10.0. The highest BCUT2D eigenvalue weighted by atomic mass is 33.1. The molecule has 0 saturated carbocycles. The first-order valence-corrected chi connectivity index (χ1v) is 29.1. The molecule has 8 amide bonds. The number of rotatable bonds is 25. The van der Waals surface area contributed by atoms with E-state index < -0.39 is 102 Å². The summed E-state index contributed by atoms with van der Waals surface area (Å²) in [6, 6.07) is 11.6. The van der Waals surface area contributed by atoms with E-state index in [1.165, 1.54) is 19.1 Å². The number of aromatic nitrogens is 1. The number of carbonyl (C=O) groups excluding carboxylic acids is 8. The number of unbranched alkanes of at least 4 members (excludes halogenated alkanes) is 6. The van der Waals surface area contributed by atoms with E-state index in [2.05, 4.69) is 49.1 Å². The Morgan fingerprint density at radius 2 is 1.33 bits per heavy atom. The van der Waals surface area contributed by atoms with Crippen LogP contribution in [-0.2, 0) is 57.6 Å². The zero-order chi connectivity index (χ0) is 56.6.